The van der Waals surface area contributed by atoms with Gasteiger partial charge in [0.1, 0.15) is 0 Å². The molecule has 1 N–H and O–H groups in total. The van der Waals surface area contributed by atoms with E-state index in [2.05, 4.69) is 40.5 Å². The van der Waals surface area contributed by atoms with Crippen LogP contribution >= 0.6 is 0 Å². The van der Waals surface area contributed by atoms with Crippen LogP contribution in [0.1, 0.15) is 5.56 Å². The fourth-order valence-corrected chi connectivity index (χ4v) is 3.20. The second kappa shape index (κ2) is 5.21. The van der Waals surface area contributed by atoms with Crippen molar-refractivity contribution in [2.45, 2.75) is 6.54 Å². The molecular formula is C15H20N2O2. The Kier molecular flexibility index (Phi) is 3.42. The summed E-state index contributed by atoms with van der Waals surface area (Å²) in [5.41, 5.74) is 1.38. The van der Waals surface area contributed by atoms with Crippen molar-refractivity contribution in [2.75, 3.05) is 26.7 Å². The van der Waals surface area contributed by atoms with E-state index in [-0.39, 0.29) is 6.09 Å². The van der Waals surface area contributed by atoms with Crippen LogP contribution in [0, 0.1) is 17.8 Å². The first-order chi connectivity index (χ1) is 9.28. The van der Waals surface area contributed by atoms with Crippen LogP contribution < -0.4 is 5.32 Å². The molecule has 4 nitrogen and oxygen atoms in total. The van der Waals surface area contributed by atoms with Crippen LogP contribution in [-0.4, -0.2) is 37.7 Å². The molecule has 3 rings (SSSR count). The van der Waals surface area contributed by atoms with Crippen molar-refractivity contribution in [1.29, 1.82) is 0 Å². The third-order valence-corrected chi connectivity index (χ3v) is 4.31. The molecule has 1 heterocycles. The zero-order chi connectivity index (χ0) is 13.2. The van der Waals surface area contributed by atoms with E-state index in [1.54, 1.807) is 7.05 Å². The highest BCUT2D eigenvalue weighted by molar-refractivity contribution is 5.66. The molecule has 0 bridgehead atoms. The maximum absolute atomic E-state index is 11.0. The van der Waals surface area contributed by atoms with E-state index in [1.807, 2.05) is 0 Å². The Morgan fingerprint density at radius 2 is 2.00 bits per heavy atom. The predicted octanol–water partition coefficient (Wildman–Crippen LogP) is 1.72. The molecule has 0 aromatic heterocycles. The second-order valence-electron chi connectivity index (χ2n) is 5.52. The summed E-state index contributed by atoms with van der Waals surface area (Å²) in [6, 6.07) is 10.6. The lowest BCUT2D eigenvalue weighted by atomic mass is 10.2. The van der Waals surface area contributed by atoms with Crippen LogP contribution in [0.25, 0.3) is 0 Å². The molecule has 1 saturated carbocycles. The van der Waals surface area contributed by atoms with Gasteiger partial charge in [-0.05, 0) is 17.4 Å². The van der Waals surface area contributed by atoms with Gasteiger partial charge in [-0.15, -0.1) is 0 Å². The Morgan fingerprint density at radius 3 is 2.63 bits per heavy atom. The Labute approximate surface area is 113 Å². The normalized spacial score (nSPS) is 28.8. The summed E-state index contributed by atoms with van der Waals surface area (Å²) in [4.78, 5) is 13.5. The number of carbonyl (C=O) groups excluding carboxylic acids is 1. The largest absolute Gasteiger partial charge is 0.449 e. The molecule has 1 unspecified atom stereocenters. The van der Waals surface area contributed by atoms with Gasteiger partial charge in [0.2, 0.25) is 0 Å². The van der Waals surface area contributed by atoms with Crippen LogP contribution in [0.5, 0.6) is 0 Å². The molecule has 1 aromatic carbocycles. The van der Waals surface area contributed by atoms with Crippen molar-refractivity contribution in [3.05, 3.63) is 35.9 Å². The number of piperidine rings is 1. The molecule has 0 spiro atoms. The number of carbonyl (C=O) groups is 1. The molecule has 1 saturated heterocycles. The summed E-state index contributed by atoms with van der Waals surface area (Å²) in [6.07, 6.45) is -0.314. The van der Waals surface area contributed by atoms with Crippen molar-refractivity contribution < 1.29 is 9.53 Å². The van der Waals surface area contributed by atoms with Gasteiger partial charge in [-0.2, -0.15) is 0 Å². The maximum Gasteiger partial charge on any atom is 0.406 e. The van der Waals surface area contributed by atoms with Crippen LogP contribution in [0.3, 0.4) is 0 Å². The SMILES string of the molecule is CNC(=O)OCC1[C@H]2CN(Cc3ccccc3)C[C@@H]12. The number of alkyl carbamates (subject to hydrolysis) is 1. The topological polar surface area (TPSA) is 41.6 Å². The zero-order valence-corrected chi connectivity index (χ0v) is 11.2. The Balaban J connectivity index is 1.42. The van der Waals surface area contributed by atoms with Gasteiger partial charge >= 0.3 is 6.09 Å². The first-order valence-corrected chi connectivity index (χ1v) is 6.88. The van der Waals surface area contributed by atoms with Crippen molar-refractivity contribution in [2.24, 2.45) is 17.8 Å². The first kappa shape index (κ1) is 12.5. The molecule has 0 radical (unpaired) electrons. The summed E-state index contributed by atoms with van der Waals surface area (Å²) < 4.78 is 5.14. The van der Waals surface area contributed by atoms with Crippen molar-refractivity contribution in [3.8, 4) is 0 Å². The maximum atomic E-state index is 11.0. The van der Waals surface area contributed by atoms with Crippen molar-refractivity contribution in [3.63, 3.8) is 0 Å². The van der Waals surface area contributed by atoms with E-state index in [1.165, 1.54) is 5.56 Å². The number of fused-ring (bicyclic) bond motifs is 1. The second-order valence-corrected chi connectivity index (χ2v) is 5.52. The van der Waals surface area contributed by atoms with E-state index >= 15 is 0 Å². The third kappa shape index (κ3) is 2.73. The summed E-state index contributed by atoms with van der Waals surface area (Å²) in [5, 5.41) is 2.48. The molecule has 1 aromatic rings. The Morgan fingerprint density at radius 1 is 1.32 bits per heavy atom. The number of ether oxygens (including phenoxy) is 1. The fraction of sp³-hybridized carbons (Fsp3) is 0.533. The highest BCUT2D eigenvalue weighted by Crippen LogP contribution is 2.51. The van der Waals surface area contributed by atoms with Gasteiger partial charge in [0.05, 0.1) is 6.61 Å². The number of nitrogens with one attached hydrogen (secondary N) is 1. The monoisotopic (exact) mass is 260 g/mol. The molecule has 3 atom stereocenters. The summed E-state index contributed by atoms with van der Waals surface area (Å²) in [5.74, 6) is 2.05. The van der Waals surface area contributed by atoms with Gasteiger partial charge in [-0.1, -0.05) is 30.3 Å². The lowest BCUT2D eigenvalue weighted by molar-refractivity contribution is 0.133. The molecule has 1 aliphatic heterocycles. The molecule has 2 fully saturated rings. The number of likely N-dealkylation sites (tertiary alicyclic amines) is 1. The Hall–Kier alpha value is -1.55. The minimum atomic E-state index is -0.314. The zero-order valence-electron chi connectivity index (χ0n) is 11.2. The molecule has 19 heavy (non-hydrogen) atoms. The molecule has 1 aliphatic carbocycles. The van der Waals surface area contributed by atoms with Gasteiger partial charge < -0.3 is 10.1 Å². The van der Waals surface area contributed by atoms with Crippen molar-refractivity contribution >= 4 is 6.09 Å². The number of amides is 1. The predicted molar refractivity (Wildman–Crippen MR) is 72.6 cm³/mol. The van der Waals surface area contributed by atoms with Gasteiger partial charge in [-0.25, -0.2) is 4.79 Å². The lowest BCUT2D eigenvalue weighted by Gasteiger charge is -2.19. The average molecular weight is 260 g/mol. The number of benzene rings is 1. The van der Waals surface area contributed by atoms with Crippen LogP contribution in [-0.2, 0) is 11.3 Å². The van der Waals surface area contributed by atoms with Crippen LogP contribution in [0.2, 0.25) is 0 Å². The first-order valence-electron chi connectivity index (χ1n) is 6.88. The van der Waals surface area contributed by atoms with E-state index in [0.29, 0.717) is 12.5 Å². The summed E-state index contributed by atoms with van der Waals surface area (Å²) in [7, 11) is 1.59. The molecule has 102 valence electrons. The smallest absolute Gasteiger partial charge is 0.406 e. The van der Waals surface area contributed by atoms with Crippen molar-refractivity contribution in [1.82, 2.24) is 10.2 Å². The van der Waals surface area contributed by atoms with Crippen LogP contribution in [0.15, 0.2) is 30.3 Å². The fourth-order valence-electron chi connectivity index (χ4n) is 3.20. The van der Waals surface area contributed by atoms with E-state index < -0.39 is 0 Å². The van der Waals surface area contributed by atoms with Crippen LogP contribution in [0.4, 0.5) is 4.79 Å². The minimum Gasteiger partial charge on any atom is -0.449 e. The standard InChI is InChI=1S/C15H20N2O2/c1-16-15(18)19-10-14-12-8-17(9-13(12)14)7-11-5-3-2-4-6-11/h2-6,12-14H,7-10H2,1H3,(H,16,18)/t12-,13+,14?. The summed E-state index contributed by atoms with van der Waals surface area (Å²) in [6.45, 7) is 3.90. The molecule has 1 amide bonds. The number of hydrogen-bond donors (Lipinski definition) is 1. The number of nitrogens with zero attached hydrogens (tertiary/aromatic N) is 1. The minimum absolute atomic E-state index is 0.314. The van der Waals surface area contributed by atoms with E-state index in [9.17, 15) is 4.79 Å². The highest BCUT2D eigenvalue weighted by atomic mass is 16.5. The average Bonchev–Trinajstić information content (AvgIpc) is 2.90. The Bertz CT molecular complexity index is 437. The quantitative estimate of drug-likeness (QED) is 0.896. The summed E-state index contributed by atoms with van der Waals surface area (Å²) >= 11 is 0. The number of hydrogen-bond acceptors (Lipinski definition) is 3. The molecular weight excluding hydrogens is 240 g/mol. The number of rotatable bonds is 4. The third-order valence-electron chi connectivity index (χ3n) is 4.31. The van der Waals surface area contributed by atoms with E-state index in [4.69, 9.17) is 4.74 Å². The molecule has 4 heteroatoms. The van der Waals surface area contributed by atoms with E-state index in [0.717, 1.165) is 31.5 Å². The highest BCUT2D eigenvalue weighted by Gasteiger charge is 2.55. The van der Waals surface area contributed by atoms with Gasteiger partial charge in [0.15, 0.2) is 0 Å². The van der Waals surface area contributed by atoms with Gasteiger partial charge in [-0.3, -0.25) is 4.90 Å². The lowest BCUT2D eigenvalue weighted by Crippen LogP contribution is -2.26. The van der Waals surface area contributed by atoms with Gasteiger partial charge in [0.25, 0.3) is 0 Å². The van der Waals surface area contributed by atoms with Gasteiger partial charge in [0, 0.05) is 32.6 Å². The molecule has 2 aliphatic rings.